The predicted molar refractivity (Wildman–Crippen MR) is 128 cm³/mol. The molecule has 38 heavy (non-hydrogen) atoms. The van der Waals surface area contributed by atoms with Crippen molar-refractivity contribution in [3.63, 3.8) is 0 Å². The molecule has 2 aromatic heterocycles. The molecule has 1 fully saturated rings. The minimum atomic E-state index is -4.73. The van der Waals surface area contributed by atoms with Crippen LogP contribution in [0.2, 0.25) is 0 Å². The second-order valence-corrected chi connectivity index (χ2v) is 10.2. The van der Waals surface area contributed by atoms with Gasteiger partial charge in [0.05, 0.1) is 29.6 Å². The molecule has 0 saturated carbocycles. The van der Waals surface area contributed by atoms with Gasteiger partial charge in [0, 0.05) is 19.2 Å². The van der Waals surface area contributed by atoms with Crippen LogP contribution in [0, 0.1) is 18.7 Å². The van der Waals surface area contributed by atoms with E-state index in [0.717, 1.165) is 12.0 Å². The number of aromatic nitrogens is 3. The number of carbonyl (C=O) groups excluding carboxylic acids is 1. The lowest BCUT2D eigenvalue weighted by molar-refractivity contribution is -0.139. The van der Waals surface area contributed by atoms with Crippen molar-refractivity contribution in [2.75, 3.05) is 25.5 Å². The number of carbonyl (C=O) groups is 1. The van der Waals surface area contributed by atoms with E-state index in [2.05, 4.69) is 20.3 Å². The van der Waals surface area contributed by atoms with E-state index in [0.29, 0.717) is 21.6 Å². The number of amides is 1. The van der Waals surface area contributed by atoms with Crippen molar-refractivity contribution in [1.29, 1.82) is 0 Å². The average Bonchev–Trinajstić information content (AvgIpc) is 3.23. The number of nitrogens with zero attached hydrogens (tertiary/aromatic N) is 4. The molecule has 1 amide bonds. The molecule has 14 heteroatoms. The van der Waals surface area contributed by atoms with Crippen molar-refractivity contribution in [2.24, 2.45) is 5.92 Å². The van der Waals surface area contributed by atoms with Gasteiger partial charge in [0.1, 0.15) is 17.1 Å². The fraction of sp³-hybridized carbons (Fsp3) is 0.417. The van der Waals surface area contributed by atoms with Gasteiger partial charge in [-0.3, -0.25) is 4.79 Å². The van der Waals surface area contributed by atoms with Crippen LogP contribution in [0.25, 0.3) is 10.4 Å². The van der Waals surface area contributed by atoms with E-state index in [1.165, 1.54) is 35.6 Å². The number of ether oxygens (including phenoxy) is 1. The summed E-state index contributed by atoms with van der Waals surface area (Å²) in [5.74, 6) is -5.99. The van der Waals surface area contributed by atoms with Gasteiger partial charge in [-0.2, -0.15) is 18.2 Å². The number of rotatable bonds is 6. The first kappa shape index (κ1) is 27.6. The van der Waals surface area contributed by atoms with Gasteiger partial charge in [-0.05, 0) is 30.5 Å². The van der Waals surface area contributed by atoms with Crippen LogP contribution in [-0.4, -0.2) is 57.9 Å². The summed E-state index contributed by atoms with van der Waals surface area (Å²) in [7, 11) is 1.03. The molecule has 7 nitrogen and oxygen atoms in total. The van der Waals surface area contributed by atoms with Crippen molar-refractivity contribution in [3.8, 4) is 16.3 Å². The summed E-state index contributed by atoms with van der Waals surface area (Å²) in [6, 6.07) is 4.60. The number of piperidine rings is 1. The minimum absolute atomic E-state index is 0.0403. The molecule has 0 aliphatic carbocycles. The number of anilines is 1. The Morgan fingerprint density at radius 2 is 1.92 bits per heavy atom. The largest absolute Gasteiger partial charge is 0.480 e. The molecule has 204 valence electrons. The number of alkyl halides is 5. The topological polar surface area (TPSA) is 80.2 Å². The average molecular weight is 560 g/mol. The first-order valence-corrected chi connectivity index (χ1v) is 12.2. The maximum Gasteiger partial charge on any atom is 0.423 e. The lowest BCUT2D eigenvalue weighted by Crippen LogP contribution is -2.57. The highest BCUT2D eigenvalue weighted by Gasteiger charge is 2.47. The third-order valence-corrected chi connectivity index (χ3v) is 7.13. The number of methoxy groups -OCH3 is 1. The van der Waals surface area contributed by atoms with Crippen LogP contribution in [0.15, 0.2) is 30.5 Å². The van der Waals surface area contributed by atoms with Gasteiger partial charge in [0.2, 0.25) is 11.8 Å². The maximum atomic E-state index is 14.6. The molecular weight excluding hydrogens is 536 g/mol. The molecule has 0 radical (unpaired) electrons. The van der Waals surface area contributed by atoms with E-state index in [4.69, 9.17) is 4.74 Å². The zero-order valence-electron chi connectivity index (χ0n) is 20.4. The Labute approximate surface area is 217 Å². The number of hydrogen-bond donors (Lipinski definition) is 1. The van der Waals surface area contributed by atoms with Gasteiger partial charge in [-0.15, -0.1) is 11.3 Å². The Morgan fingerprint density at radius 1 is 1.24 bits per heavy atom. The van der Waals surface area contributed by atoms with E-state index in [-0.39, 0.29) is 18.2 Å². The Balaban J connectivity index is 1.63. The minimum Gasteiger partial charge on any atom is -0.480 e. The van der Waals surface area contributed by atoms with Gasteiger partial charge in [0.15, 0.2) is 0 Å². The Bertz CT molecular complexity index is 1310. The molecule has 0 spiro atoms. The highest BCUT2D eigenvalue weighted by molar-refractivity contribution is 7.15. The molecule has 4 rings (SSSR count). The summed E-state index contributed by atoms with van der Waals surface area (Å²) in [6.45, 7) is 2.23. The normalized spacial score (nSPS) is 19.3. The number of halogens is 6. The van der Waals surface area contributed by atoms with Gasteiger partial charge in [0.25, 0.3) is 11.8 Å². The van der Waals surface area contributed by atoms with Crippen LogP contribution in [0.1, 0.15) is 34.4 Å². The summed E-state index contributed by atoms with van der Waals surface area (Å²) in [6.07, 6.45) is -4.67. The summed E-state index contributed by atoms with van der Waals surface area (Å²) < 4.78 is 86.8. The van der Waals surface area contributed by atoms with E-state index < -0.39 is 60.2 Å². The monoisotopic (exact) mass is 559 g/mol. The summed E-state index contributed by atoms with van der Waals surface area (Å²) in [5.41, 5.74) is -0.696. The Kier molecular flexibility index (Phi) is 7.55. The first-order valence-electron chi connectivity index (χ1n) is 11.4. The zero-order valence-corrected chi connectivity index (χ0v) is 21.3. The maximum absolute atomic E-state index is 14.6. The Morgan fingerprint density at radius 3 is 2.55 bits per heavy atom. The van der Waals surface area contributed by atoms with E-state index in [9.17, 15) is 31.1 Å². The first-order chi connectivity index (χ1) is 17.8. The molecule has 1 aromatic carbocycles. The van der Waals surface area contributed by atoms with Crippen molar-refractivity contribution in [3.05, 3.63) is 52.5 Å². The summed E-state index contributed by atoms with van der Waals surface area (Å²) >= 11 is 1.18. The second-order valence-electron chi connectivity index (χ2n) is 8.95. The highest BCUT2D eigenvalue weighted by atomic mass is 32.1. The predicted octanol–water partition coefficient (Wildman–Crippen LogP) is 5.67. The third-order valence-electron chi connectivity index (χ3n) is 6.11. The van der Waals surface area contributed by atoms with Gasteiger partial charge in [-0.1, -0.05) is 19.1 Å². The van der Waals surface area contributed by atoms with Gasteiger partial charge in [-0.25, -0.2) is 23.1 Å². The van der Waals surface area contributed by atoms with Crippen molar-refractivity contribution in [2.45, 2.75) is 38.4 Å². The molecule has 3 aromatic rings. The lowest BCUT2D eigenvalue weighted by atomic mass is 9.88. The van der Waals surface area contributed by atoms with Gasteiger partial charge >= 0.3 is 6.18 Å². The highest BCUT2D eigenvalue weighted by Crippen LogP contribution is 2.38. The summed E-state index contributed by atoms with van der Waals surface area (Å²) in [5, 5.41) is 3.27. The van der Waals surface area contributed by atoms with E-state index in [1.54, 1.807) is 13.8 Å². The molecule has 1 aliphatic heterocycles. The van der Waals surface area contributed by atoms with Crippen LogP contribution in [0.5, 0.6) is 5.88 Å². The molecule has 0 unspecified atom stereocenters. The number of hydrogen-bond acceptors (Lipinski definition) is 7. The van der Waals surface area contributed by atoms with Crippen molar-refractivity contribution < 1.29 is 35.9 Å². The quantitative estimate of drug-likeness (QED) is 0.392. The zero-order chi connectivity index (χ0) is 27.8. The fourth-order valence-corrected chi connectivity index (χ4v) is 5.30. The fourth-order valence-electron chi connectivity index (χ4n) is 4.38. The lowest BCUT2D eigenvalue weighted by Gasteiger charge is -2.43. The van der Waals surface area contributed by atoms with Crippen LogP contribution in [0.4, 0.5) is 32.3 Å². The standard InChI is InChI=1S/C24H23F6N5O2S/c1-12-8-23(26,27)11-35(17(12)10-32-22-31-9-16(24(28,29)30)20(34-22)37-3)21(36)18-19(38-13(2)33-18)14-4-6-15(25)7-5-14/h4-7,9,12,17H,8,10-11H2,1-3H3,(H,31,32,34)/t12-,17-/m1/s1. The number of nitrogens with one attached hydrogen (secondary N) is 1. The summed E-state index contributed by atoms with van der Waals surface area (Å²) in [4.78, 5) is 26.8. The Hall–Kier alpha value is -3.42. The molecule has 1 aliphatic rings. The van der Waals surface area contributed by atoms with Crippen LogP contribution >= 0.6 is 11.3 Å². The molecule has 2 atom stereocenters. The van der Waals surface area contributed by atoms with Crippen molar-refractivity contribution in [1.82, 2.24) is 19.9 Å². The number of benzene rings is 1. The molecule has 1 N–H and O–H groups in total. The number of likely N-dealkylation sites (tertiary alicyclic amines) is 1. The van der Waals surface area contributed by atoms with Crippen LogP contribution in [0.3, 0.4) is 0 Å². The van der Waals surface area contributed by atoms with E-state index >= 15 is 0 Å². The third kappa shape index (κ3) is 5.84. The SMILES string of the molecule is COc1nc(NC[C@@H]2[C@H](C)CC(F)(F)CN2C(=O)c2nc(C)sc2-c2ccc(F)cc2)ncc1C(F)(F)F. The van der Waals surface area contributed by atoms with E-state index in [1.807, 2.05) is 0 Å². The molecule has 3 heterocycles. The van der Waals surface area contributed by atoms with Crippen LogP contribution in [-0.2, 0) is 6.18 Å². The smallest absolute Gasteiger partial charge is 0.423 e. The van der Waals surface area contributed by atoms with Gasteiger partial charge < -0.3 is 15.0 Å². The van der Waals surface area contributed by atoms with Crippen molar-refractivity contribution >= 4 is 23.2 Å². The number of thiazole rings is 1. The van der Waals surface area contributed by atoms with Crippen LogP contribution < -0.4 is 10.1 Å². The molecule has 1 saturated heterocycles. The number of aryl methyl sites for hydroxylation is 1. The molecular formula is C24H23F6N5O2S. The molecule has 0 bridgehead atoms. The second kappa shape index (κ2) is 10.4.